The van der Waals surface area contributed by atoms with Crippen LogP contribution in [-0.2, 0) is 14.4 Å². The molecule has 6 atom stereocenters. The first-order valence-electron chi connectivity index (χ1n) is 11.6. The van der Waals surface area contributed by atoms with Crippen molar-refractivity contribution in [3.8, 4) is 5.75 Å². The normalized spacial score (nSPS) is 31.4. The Morgan fingerprint density at radius 3 is 2.36 bits per heavy atom. The lowest BCUT2D eigenvalue weighted by Gasteiger charge is -2.52. The second-order valence-electron chi connectivity index (χ2n) is 9.95. The van der Waals surface area contributed by atoms with E-state index in [-0.39, 0.29) is 17.5 Å². The highest BCUT2D eigenvalue weighted by Gasteiger charge is 2.66. The van der Waals surface area contributed by atoms with Crippen LogP contribution in [0.5, 0.6) is 5.75 Å². The molecule has 0 aliphatic heterocycles. The van der Waals surface area contributed by atoms with Crippen molar-refractivity contribution in [3.05, 3.63) is 76.6 Å². The first kappa shape index (κ1) is 24.0. The summed E-state index contributed by atoms with van der Waals surface area (Å²) in [5, 5.41) is 22.3. The zero-order valence-corrected chi connectivity index (χ0v) is 19.6. The molecule has 0 aromatic heterocycles. The van der Waals surface area contributed by atoms with Gasteiger partial charge in [-0.3, -0.25) is 19.2 Å². The maximum absolute atomic E-state index is 15.3. The second kappa shape index (κ2) is 8.18. The fourth-order valence-electron chi connectivity index (χ4n) is 6.38. The van der Waals surface area contributed by atoms with Gasteiger partial charge >= 0.3 is 0 Å². The van der Waals surface area contributed by atoms with Gasteiger partial charge < -0.3 is 20.8 Å². The molecule has 36 heavy (non-hydrogen) atoms. The number of halogens is 1. The standard InChI is InChI=1S/C27H25FN2O6/c1-30(2)17-11-14(26(29)35)24(33)27(36)15(17)10-13-19(12-6-4-3-5-7-12)21-16(28)8-9-18(31)22(21)23(32)20(13)25(27)34/h3-9,11,13,15,17,19-20,31,36H,10H2,1-2H3,(H2,29,35)/t13-,15+,17-,19-,20?,27-/m1/s1. The number of aliphatic hydroxyl groups is 1. The van der Waals surface area contributed by atoms with Gasteiger partial charge in [-0.1, -0.05) is 36.4 Å². The van der Waals surface area contributed by atoms with Crippen molar-refractivity contribution in [1.82, 2.24) is 4.90 Å². The fraction of sp³-hybridized carbons (Fsp3) is 0.333. The van der Waals surface area contributed by atoms with Crippen LogP contribution in [0.2, 0.25) is 0 Å². The number of Topliss-reactive ketones (excluding diaryl/α,β-unsaturated/α-hetero) is 3. The number of likely N-dealkylation sites (N-methyl/N-ethyl adjacent to an activating group) is 1. The number of carbonyl (C=O) groups is 4. The zero-order valence-electron chi connectivity index (χ0n) is 19.6. The molecular formula is C27H25FN2O6. The maximum Gasteiger partial charge on any atom is 0.252 e. The maximum atomic E-state index is 15.3. The van der Waals surface area contributed by atoms with Crippen molar-refractivity contribution < 1.29 is 33.8 Å². The predicted molar refractivity (Wildman–Crippen MR) is 125 cm³/mol. The van der Waals surface area contributed by atoms with Crippen LogP contribution in [0, 0.1) is 23.6 Å². The van der Waals surface area contributed by atoms with Gasteiger partial charge in [0.05, 0.1) is 17.1 Å². The summed E-state index contributed by atoms with van der Waals surface area (Å²) in [6.07, 6.45) is 1.35. The minimum Gasteiger partial charge on any atom is -0.507 e. The van der Waals surface area contributed by atoms with Crippen molar-refractivity contribution in [2.24, 2.45) is 23.5 Å². The third-order valence-electron chi connectivity index (χ3n) is 7.95. The minimum absolute atomic E-state index is 0.00384. The van der Waals surface area contributed by atoms with E-state index in [4.69, 9.17) is 5.73 Å². The Labute approximate surface area is 206 Å². The number of hydrogen-bond donors (Lipinski definition) is 3. The lowest BCUT2D eigenvalue weighted by atomic mass is 9.51. The van der Waals surface area contributed by atoms with E-state index in [0.29, 0.717) is 5.56 Å². The largest absolute Gasteiger partial charge is 0.507 e. The molecule has 3 aliphatic carbocycles. The van der Waals surface area contributed by atoms with Gasteiger partial charge in [-0.15, -0.1) is 0 Å². The second-order valence-corrected chi connectivity index (χ2v) is 9.95. The number of benzene rings is 2. The Kier molecular flexibility index (Phi) is 5.46. The Balaban J connectivity index is 1.77. The number of carbonyl (C=O) groups excluding carboxylic acids is 4. The van der Waals surface area contributed by atoms with Crippen LogP contribution in [-0.4, -0.2) is 64.1 Å². The number of phenols is 1. The lowest BCUT2D eigenvalue weighted by molar-refractivity contribution is -0.168. The molecule has 8 nitrogen and oxygen atoms in total. The van der Waals surface area contributed by atoms with Crippen molar-refractivity contribution in [2.45, 2.75) is 24.0 Å². The number of nitrogens with two attached hydrogens (primary N) is 1. The number of ketones is 3. The van der Waals surface area contributed by atoms with Crippen molar-refractivity contribution in [1.29, 1.82) is 0 Å². The van der Waals surface area contributed by atoms with Crippen LogP contribution in [0.4, 0.5) is 4.39 Å². The Morgan fingerprint density at radius 1 is 1.08 bits per heavy atom. The highest BCUT2D eigenvalue weighted by molar-refractivity contribution is 6.32. The summed E-state index contributed by atoms with van der Waals surface area (Å²) in [4.78, 5) is 54.7. The van der Waals surface area contributed by atoms with Gasteiger partial charge in [0.25, 0.3) is 5.91 Å². The molecule has 0 radical (unpaired) electrons. The van der Waals surface area contributed by atoms with E-state index in [0.717, 1.165) is 12.1 Å². The number of fused-ring (bicyclic) bond motifs is 3. The van der Waals surface area contributed by atoms with Gasteiger partial charge in [0, 0.05) is 23.4 Å². The van der Waals surface area contributed by atoms with E-state index in [1.54, 1.807) is 49.3 Å². The van der Waals surface area contributed by atoms with Gasteiger partial charge in [0.15, 0.2) is 17.2 Å². The van der Waals surface area contributed by atoms with Gasteiger partial charge in [0.2, 0.25) is 5.78 Å². The predicted octanol–water partition coefficient (Wildman–Crippen LogP) is 1.34. The highest BCUT2D eigenvalue weighted by Crippen LogP contribution is 2.56. The van der Waals surface area contributed by atoms with E-state index in [2.05, 4.69) is 0 Å². The summed E-state index contributed by atoms with van der Waals surface area (Å²) in [5.41, 5.74) is 2.49. The first-order valence-corrected chi connectivity index (χ1v) is 11.6. The number of amides is 1. The monoisotopic (exact) mass is 492 g/mol. The van der Waals surface area contributed by atoms with E-state index in [1.807, 2.05) is 0 Å². The Morgan fingerprint density at radius 2 is 1.75 bits per heavy atom. The number of aromatic hydroxyl groups is 1. The highest BCUT2D eigenvalue weighted by atomic mass is 19.1. The topological polar surface area (TPSA) is 138 Å². The Bertz CT molecular complexity index is 1350. The lowest BCUT2D eigenvalue weighted by Crippen LogP contribution is -2.68. The van der Waals surface area contributed by atoms with Crippen LogP contribution in [0.25, 0.3) is 0 Å². The third-order valence-corrected chi connectivity index (χ3v) is 7.95. The summed E-state index contributed by atoms with van der Waals surface area (Å²) in [7, 11) is 3.33. The van der Waals surface area contributed by atoms with Crippen LogP contribution in [0.1, 0.15) is 33.8 Å². The average molecular weight is 493 g/mol. The molecule has 0 saturated heterocycles. The van der Waals surface area contributed by atoms with Crippen LogP contribution < -0.4 is 5.73 Å². The molecule has 0 heterocycles. The molecule has 1 unspecified atom stereocenters. The number of hydrogen-bond acceptors (Lipinski definition) is 7. The average Bonchev–Trinajstić information content (AvgIpc) is 2.83. The number of phenolic OH excluding ortho intramolecular Hbond substituents is 1. The molecule has 2 aromatic rings. The van der Waals surface area contributed by atoms with Crippen LogP contribution >= 0.6 is 0 Å². The third kappa shape index (κ3) is 3.12. The molecule has 0 spiro atoms. The van der Waals surface area contributed by atoms with E-state index < -0.39 is 75.7 Å². The molecule has 4 N–H and O–H groups in total. The van der Waals surface area contributed by atoms with Crippen LogP contribution in [0.15, 0.2) is 54.1 Å². The zero-order chi connectivity index (χ0) is 26.1. The molecule has 1 amide bonds. The number of rotatable bonds is 3. The molecule has 0 bridgehead atoms. The van der Waals surface area contributed by atoms with E-state index in [1.165, 1.54) is 6.08 Å². The molecular weight excluding hydrogens is 467 g/mol. The van der Waals surface area contributed by atoms with E-state index >= 15 is 4.39 Å². The SMILES string of the molecule is CN(C)[C@@H]1C=C(C(N)=O)C(=O)[C@@]2(O)C(=O)C3C(=O)c4c(O)ccc(F)c4[C@H](c4ccccc4)[C@H]3C[C@@H]12. The summed E-state index contributed by atoms with van der Waals surface area (Å²) in [6, 6.07) is 10.1. The minimum atomic E-state index is -2.67. The summed E-state index contributed by atoms with van der Waals surface area (Å²) >= 11 is 0. The fourth-order valence-corrected chi connectivity index (χ4v) is 6.38. The molecule has 3 aliphatic rings. The first-order chi connectivity index (χ1) is 17.0. The quantitative estimate of drug-likeness (QED) is 0.434. The summed E-state index contributed by atoms with van der Waals surface area (Å²) in [6.45, 7) is 0. The number of nitrogens with zero attached hydrogens (tertiary/aromatic N) is 1. The summed E-state index contributed by atoms with van der Waals surface area (Å²) in [5.74, 6) is -9.49. The molecule has 2 aromatic carbocycles. The van der Waals surface area contributed by atoms with Gasteiger partial charge in [-0.25, -0.2) is 4.39 Å². The Hall–Kier alpha value is -3.69. The molecule has 186 valence electrons. The van der Waals surface area contributed by atoms with Gasteiger partial charge in [-0.05, 0) is 44.1 Å². The molecule has 9 heteroatoms. The summed E-state index contributed by atoms with van der Waals surface area (Å²) < 4.78 is 15.3. The molecule has 5 rings (SSSR count). The molecule has 1 saturated carbocycles. The van der Waals surface area contributed by atoms with Gasteiger partial charge in [-0.2, -0.15) is 0 Å². The van der Waals surface area contributed by atoms with Crippen molar-refractivity contribution in [3.63, 3.8) is 0 Å². The van der Waals surface area contributed by atoms with E-state index in [9.17, 15) is 29.4 Å². The number of primary amides is 1. The van der Waals surface area contributed by atoms with Gasteiger partial charge in [0.1, 0.15) is 11.6 Å². The van der Waals surface area contributed by atoms with Crippen LogP contribution in [0.3, 0.4) is 0 Å². The van der Waals surface area contributed by atoms with Crippen molar-refractivity contribution in [2.75, 3.05) is 14.1 Å². The molecule has 1 fully saturated rings. The van der Waals surface area contributed by atoms with Crippen molar-refractivity contribution >= 4 is 23.3 Å². The smallest absolute Gasteiger partial charge is 0.252 e.